The molecule has 1 saturated carbocycles. The van der Waals surface area contributed by atoms with Gasteiger partial charge in [0.25, 0.3) is 0 Å². The molecular weight excluding hydrogens is 198 g/mol. The Balaban J connectivity index is 2.16. The molecule has 3 rings (SSSR count). The van der Waals surface area contributed by atoms with Gasteiger partial charge < -0.3 is 10.2 Å². The Morgan fingerprint density at radius 1 is 1.25 bits per heavy atom. The van der Waals surface area contributed by atoms with Crippen molar-refractivity contribution < 1.29 is 4.42 Å². The van der Waals surface area contributed by atoms with E-state index in [2.05, 4.69) is 26.8 Å². The number of hydrogen-bond acceptors (Lipinski definition) is 2. The predicted molar refractivity (Wildman–Crippen MR) is 65.4 cm³/mol. The quantitative estimate of drug-likeness (QED) is 0.793. The highest BCUT2D eigenvalue weighted by Crippen LogP contribution is 2.58. The van der Waals surface area contributed by atoms with Gasteiger partial charge in [0, 0.05) is 17.3 Å². The van der Waals surface area contributed by atoms with E-state index in [1.807, 2.05) is 18.2 Å². The summed E-state index contributed by atoms with van der Waals surface area (Å²) < 4.78 is 5.95. The van der Waals surface area contributed by atoms with E-state index in [1.54, 1.807) is 0 Å². The third-order valence-corrected chi connectivity index (χ3v) is 4.07. The number of benzene rings is 1. The molecule has 1 aliphatic rings. The fourth-order valence-electron chi connectivity index (χ4n) is 2.67. The van der Waals surface area contributed by atoms with Crippen LogP contribution in [0, 0.1) is 12.3 Å². The highest BCUT2D eigenvalue weighted by molar-refractivity contribution is 5.82. The van der Waals surface area contributed by atoms with Crippen molar-refractivity contribution in [3.8, 4) is 0 Å². The van der Waals surface area contributed by atoms with Crippen molar-refractivity contribution in [2.24, 2.45) is 11.1 Å². The molecule has 84 valence electrons. The highest BCUT2D eigenvalue weighted by Gasteiger charge is 2.58. The van der Waals surface area contributed by atoms with Crippen LogP contribution in [0.1, 0.15) is 31.1 Å². The first kappa shape index (κ1) is 9.91. The van der Waals surface area contributed by atoms with Crippen LogP contribution in [0.25, 0.3) is 11.0 Å². The Labute approximate surface area is 95.4 Å². The van der Waals surface area contributed by atoms with Crippen molar-refractivity contribution in [1.82, 2.24) is 0 Å². The van der Waals surface area contributed by atoms with Crippen LogP contribution in [0.4, 0.5) is 0 Å². The molecule has 2 heteroatoms. The topological polar surface area (TPSA) is 39.2 Å². The summed E-state index contributed by atoms with van der Waals surface area (Å²) in [6.45, 7) is 6.53. The lowest BCUT2D eigenvalue weighted by molar-refractivity contribution is 0.507. The van der Waals surface area contributed by atoms with E-state index in [4.69, 9.17) is 10.2 Å². The Morgan fingerprint density at radius 3 is 2.44 bits per heavy atom. The van der Waals surface area contributed by atoms with E-state index < -0.39 is 0 Å². The standard InChI is InChI=1S/C14H17NO/c1-8-9-6-4-5-7-10(9)16-12(8)11-13(15)14(11,2)3/h4-7,11,13H,15H2,1-3H3/t11-,13-/m1/s1. The van der Waals surface area contributed by atoms with Crippen LogP contribution >= 0.6 is 0 Å². The van der Waals surface area contributed by atoms with Crippen molar-refractivity contribution in [2.45, 2.75) is 32.7 Å². The summed E-state index contributed by atoms with van der Waals surface area (Å²) in [6, 6.07) is 8.41. The van der Waals surface area contributed by atoms with Gasteiger partial charge in [-0.05, 0) is 24.0 Å². The molecule has 2 atom stereocenters. The molecule has 1 fully saturated rings. The van der Waals surface area contributed by atoms with Crippen molar-refractivity contribution in [2.75, 3.05) is 0 Å². The van der Waals surface area contributed by atoms with Crippen LogP contribution in [0.2, 0.25) is 0 Å². The van der Waals surface area contributed by atoms with Gasteiger partial charge in [-0.3, -0.25) is 0 Å². The molecule has 2 N–H and O–H groups in total. The van der Waals surface area contributed by atoms with E-state index in [0.29, 0.717) is 5.92 Å². The molecule has 0 saturated heterocycles. The molecule has 2 aromatic rings. The Bertz CT molecular complexity index is 553. The van der Waals surface area contributed by atoms with Gasteiger partial charge >= 0.3 is 0 Å². The van der Waals surface area contributed by atoms with Crippen LogP contribution in [0.15, 0.2) is 28.7 Å². The van der Waals surface area contributed by atoms with E-state index in [9.17, 15) is 0 Å². The fraction of sp³-hybridized carbons (Fsp3) is 0.429. The molecule has 1 aromatic heterocycles. The SMILES string of the molecule is Cc1c([C@@H]2[C@@H](N)C2(C)C)oc2ccccc12. The molecule has 0 unspecified atom stereocenters. The highest BCUT2D eigenvalue weighted by atomic mass is 16.3. The van der Waals surface area contributed by atoms with Crippen LogP contribution in [-0.4, -0.2) is 6.04 Å². The Morgan fingerprint density at radius 2 is 1.88 bits per heavy atom. The normalized spacial score (nSPS) is 27.2. The molecule has 0 amide bonds. The minimum Gasteiger partial charge on any atom is -0.460 e. The number of para-hydroxylation sites is 1. The third kappa shape index (κ3) is 1.11. The van der Waals surface area contributed by atoms with E-state index >= 15 is 0 Å². The summed E-state index contributed by atoms with van der Waals surface area (Å²) in [6.07, 6.45) is 0. The summed E-state index contributed by atoms with van der Waals surface area (Å²) in [5, 5.41) is 1.22. The fourth-order valence-corrected chi connectivity index (χ4v) is 2.67. The zero-order valence-corrected chi connectivity index (χ0v) is 9.95. The second kappa shape index (κ2) is 2.89. The summed E-state index contributed by atoms with van der Waals surface area (Å²) in [5.74, 6) is 1.46. The first-order chi connectivity index (χ1) is 7.53. The van der Waals surface area contributed by atoms with E-state index in [0.717, 1.165) is 11.3 Å². The van der Waals surface area contributed by atoms with E-state index in [-0.39, 0.29) is 11.5 Å². The first-order valence-corrected chi connectivity index (χ1v) is 5.77. The number of rotatable bonds is 1. The maximum absolute atomic E-state index is 6.11. The van der Waals surface area contributed by atoms with Crippen molar-refractivity contribution in [3.05, 3.63) is 35.6 Å². The number of nitrogens with two attached hydrogens (primary N) is 1. The van der Waals surface area contributed by atoms with Crippen molar-refractivity contribution >= 4 is 11.0 Å². The lowest BCUT2D eigenvalue weighted by Gasteiger charge is -1.99. The second-order valence-corrected chi connectivity index (χ2v) is 5.41. The summed E-state index contributed by atoms with van der Waals surface area (Å²) in [7, 11) is 0. The maximum atomic E-state index is 6.11. The molecule has 0 bridgehead atoms. The zero-order chi connectivity index (χ0) is 11.5. The van der Waals surface area contributed by atoms with Gasteiger partial charge in [0.1, 0.15) is 11.3 Å². The van der Waals surface area contributed by atoms with Gasteiger partial charge in [-0.25, -0.2) is 0 Å². The molecule has 0 radical (unpaired) electrons. The number of hydrogen-bond donors (Lipinski definition) is 1. The van der Waals surface area contributed by atoms with Crippen molar-refractivity contribution in [3.63, 3.8) is 0 Å². The van der Waals surface area contributed by atoms with E-state index in [1.165, 1.54) is 10.9 Å². The number of aryl methyl sites for hydroxylation is 1. The summed E-state index contributed by atoms with van der Waals surface area (Å²) in [4.78, 5) is 0. The summed E-state index contributed by atoms with van der Waals surface area (Å²) >= 11 is 0. The van der Waals surface area contributed by atoms with Gasteiger partial charge in [-0.15, -0.1) is 0 Å². The first-order valence-electron chi connectivity index (χ1n) is 5.77. The average molecular weight is 215 g/mol. The maximum Gasteiger partial charge on any atom is 0.134 e. The lowest BCUT2D eigenvalue weighted by Crippen LogP contribution is -2.06. The van der Waals surface area contributed by atoms with Crippen LogP contribution in [0.3, 0.4) is 0 Å². The molecule has 1 heterocycles. The van der Waals surface area contributed by atoms with Gasteiger partial charge in [0.05, 0.1) is 0 Å². The smallest absolute Gasteiger partial charge is 0.134 e. The molecule has 16 heavy (non-hydrogen) atoms. The average Bonchev–Trinajstić information content (AvgIpc) is 2.60. The van der Waals surface area contributed by atoms with Gasteiger partial charge in [0.2, 0.25) is 0 Å². The minimum absolute atomic E-state index is 0.179. The molecular formula is C14H17NO. The molecule has 0 aliphatic heterocycles. The van der Waals surface area contributed by atoms with Gasteiger partial charge in [-0.1, -0.05) is 32.0 Å². The van der Waals surface area contributed by atoms with Crippen LogP contribution in [0.5, 0.6) is 0 Å². The number of furan rings is 1. The van der Waals surface area contributed by atoms with Crippen molar-refractivity contribution in [1.29, 1.82) is 0 Å². The minimum atomic E-state index is 0.179. The predicted octanol–water partition coefficient (Wildman–Crippen LogP) is 3.19. The van der Waals surface area contributed by atoms with Gasteiger partial charge in [-0.2, -0.15) is 0 Å². The zero-order valence-electron chi connectivity index (χ0n) is 9.95. The summed E-state index contributed by atoms with van der Waals surface area (Å²) in [5.41, 5.74) is 8.51. The van der Waals surface area contributed by atoms with Crippen LogP contribution in [-0.2, 0) is 0 Å². The Hall–Kier alpha value is -1.28. The molecule has 0 spiro atoms. The second-order valence-electron chi connectivity index (χ2n) is 5.41. The van der Waals surface area contributed by atoms with Gasteiger partial charge in [0.15, 0.2) is 0 Å². The third-order valence-electron chi connectivity index (χ3n) is 4.07. The molecule has 1 aliphatic carbocycles. The monoisotopic (exact) mass is 215 g/mol. The number of fused-ring (bicyclic) bond motifs is 1. The van der Waals surface area contributed by atoms with Crippen LogP contribution < -0.4 is 5.73 Å². The molecule has 1 aromatic carbocycles. The molecule has 2 nitrogen and oxygen atoms in total. The Kier molecular flexibility index (Phi) is 1.79. The lowest BCUT2D eigenvalue weighted by atomic mass is 10.0. The largest absolute Gasteiger partial charge is 0.460 e.